The van der Waals surface area contributed by atoms with E-state index in [0.29, 0.717) is 18.0 Å². The van der Waals surface area contributed by atoms with Crippen LogP contribution in [0, 0.1) is 0 Å². The van der Waals surface area contributed by atoms with Gasteiger partial charge >= 0.3 is 0 Å². The lowest BCUT2D eigenvalue weighted by molar-refractivity contribution is 0.0841. The van der Waals surface area contributed by atoms with Crippen LogP contribution >= 0.6 is 0 Å². The minimum atomic E-state index is -3.38. The molecular weight excluding hydrogens is 296 g/mol. The Morgan fingerprint density at radius 2 is 1.82 bits per heavy atom. The zero-order valence-corrected chi connectivity index (χ0v) is 13.8. The van der Waals surface area contributed by atoms with Crippen LogP contribution in [0.25, 0.3) is 0 Å². The van der Waals surface area contributed by atoms with Crippen LogP contribution in [0.1, 0.15) is 25.7 Å². The number of nitrogens with zero attached hydrogens (tertiary/aromatic N) is 2. The first-order valence-electron chi connectivity index (χ1n) is 8.00. The normalized spacial score (nSPS) is 27.3. The van der Waals surface area contributed by atoms with Gasteiger partial charge in [-0.05, 0) is 44.4 Å². The van der Waals surface area contributed by atoms with Gasteiger partial charge < -0.3 is 0 Å². The van der Waals surface area contributed by atoms with Gasteiger partial charge in [-0.15, -0.1) is 6.58 Å². The summed E-state index contributed by atoms with van der Waals surface area (Å²) in [6.45, 7) is 6.97. The molecule has 4 nitrogen and oxygen atoms in total. The summed E-state index contributed by atoms with van der Waals surface area (Å²) in [7, 11) is -3.38. The zero-order valence-electron chi connectivity index (χ0n) is 12.9. The molecule has 1 atom stereocenters. The summed E-state index contributed by atoms with van der Waals surface area (Å²) in [5.41, 5.74) is 0.00822. The highest BCUT2D eigenvalue weighted by molar-refractivity contribution is 7.89. The van der Waals surface area contributed by atoms with Crippen LogP contribution in [0.15, 0.2) is 47.9 Å². The Labute approximate surface area is 133 Å². The van der Waals surface area contributed by atoms with Crippen LogP contribution in [0.2, 0.25) is 0 Å². The lowest BCUT2D eigenvalue weighted by Crippen LogP contribution is -2.56. The van der Waals surface area contributed by atoms with E-state index in [9.17, 15) is 8.42 Å². The molecule has 0 amide bonds. The molecule has 0 bridgehead atoms. The molecule has 3 rings (SSSR count). The van der Waals surface area contributed by atoms with E-state index in [0.717, 1.165) is 38.8 Å². The third kappa shape index (κ3) is 2.73. The van der Waals surface area contributed by atoms with Crippen LogP contribution in [0.5, 0.6) is 0 Å². The SMILES string of the molecule is C=CCN1CCCC12CCCN(S(=O)(=O)c1ccccc1)C2. The van der Waals surface area contributed by atoms with E-state index in [1.165, 1.54) is 0 Å². The number of hydrogen-bond donors (Lipinski definition) is 0. The van der Waals surface area contributed by atoms with Crippen LogP contribution < -0.4 is 0 Å². The summed E-state index contributed by atoms with van der Waals surface area (Å²) >= 11 is 0. The van der Waals surface area contributed by atoms with Crippen molar-refractivity contribution in [2.75, 3.05) is 26.2 Å². The molecule has 2 saturated heterocycles. The van der Waals surface area contributed by atoms with Crippen molar-refractivity contribution < 1.29 is 8.42 Å². The van der Waals surface area contributed by atoms with Gasteiger partial charge in [-0.1, -0.05) is 24.3 Å². The molecular formula is C17H24N2O2S. The van der Waals surface area contributed by atoms with Gasteiger partial charge in [0, 0.05) is 25.2 Å². The highest BCUT2D eigenvalue weighted by Gasteiger charge is 2.45. The second-order valence-corrected chi connectivity index (χ2v) is 8.26. The van der Waals surface area contributed by atoms with Crippen LogP contribution in [0.3, 0.4) is 0 Å². The maximum absolute atomic E-state index is 12.9. The Hall–Kier alpha value is -1.17. The molecule has 1 aromatic rings. The molecule has 0 radical (unpaired) electrons. The fraction of sp³-hybridized carbons (Fsp3) is 0.529. The second-order valence-electron chi connectivity index (χ2n) is 6.32. The number of likely N-dealkylation sites (tertiary alicyclic amines) is 1. The monoisotopic (exact) mass is 320 g/mol. The second kappa shape index (κ2) is 6.14. The molecule has 22 heavy (non-hydrogen) atoms. The first-order valence-corrected chi connectivity index (χ1v) is 9.44. The molecule has 2 fully saturated rings. The Balaban J connectivity index is 1.86. The molecule has 0 N–H and O–H groups in total. The summed E-state index contributed by atoms with van der Waals surface area (Å²) in [6.07, 6.45) is 6.17. The van der Waals surface area contributed by atoms with Crippen molar-refractivity contribution in [2.24, 2.45) is 0 Å². The molecule has 2 aliphatic heterocycles. The maximum atomic E-state index is 12.9. The minimum absolute atomic E-state index is 0.00822. The third-order valence-corrected chi connectivity index (χ3v) is 6.85. The van der Waals surface area contributed by atoms with Crippen molar-refractivity contribution in [3.05, 3.63) is 43.0 Å². The van der Waals surface area contributed by atoms with E-state index in [4.69, 9.17) is 0 Å². The molecule has 0 aromatic heterocycles. The van der Waals surface area contributed by atoms with Gasteiger partial charge in [0.2, 0.25) is 10.0 Å². The standard InChI is InChI=1S/C17H24N2O2S/c1-2-12-18-13-6-10-17(18)11-7-14-19(15-17)22(20,21)16-8-4-3-5-9-16/h2-5,8-9H,1,6-7,10-15H2. The Kier molecular flexibility index (Phi) is 4.39. The Bertz CT molecular complexity index is 629. The van der Waals surface area contributed by atoms with Crippen molar-refractivity contribution in [2.45, 2.75) is 36.1 Å². The summed E-state index contributed by atoms with van der Waals surface area (Å²) in [5.74, 6) is 0. The number of benzene rings is 1. The topological polar surface area (TPSA) is 40.6 Å². The molecule has 5 heteroatoms. The highest BCUT2D eigenvalue weighted by atomic mass is 32.2. The summed E-state index contributed by atoms with van der Waals surface area (Å²) in [4.78, 5) is 2.83. The van der Waals surface area contributed by atoms with Crippen molar-refractivity contribution in [1.29, 1.82) is 0 Å². The quantitative estimate of drug-likeness (QED) is 0.800. The lowest BCUT2D eigenvalue weighted by Gasteiger charge is -2.45. The Morgan fingerprint density at radius 1 is 1.14 bits per heavy atom. The number of piperidine rings is 1. The molecule has 1 aromatic carbocycles. The molecule has 0 aliphatic carbocycles. The van der Waals surface area contributed by atoms with E-state index < -0.39 is 10.0 Å². The van der Waals surface area contributed by atoms with Crippen molar-refractivity contribution >= 4 is 10.0 Å². The number of rotatable bonds is 4. The molecule has 1 spiro atoms. The van der Waals surface area contributed by atoms with Crippen LogP contribution in [-0.4, -0.2) is 49.3 Å². The average molecular weight is 320 g/mol. The molecule has 0 saturated carbocycles. The van der Waals surface area contributed by atoms with Crippen molar-refractivity contribution in [3.8, 4) is 0 Å². The fourth-order valence-corrected chi connectivity index (χ4v) is 5.49. The van der Waals surface area contributed by atoms with Gasteiger partial charge in [-0.25, -0.2) is 8.42 Å². The number of sulfonamides is 1. The third-order valence-electron chi connectivity index (χ3n) is 4.99. The van der Waals surface area contributed by atoms with E-state index in [1.807, 2.05) is 12.1 Å². The predicted molar refractivity (Wildman–Crippen MR) is 88.2 cm³/mol. The highest BCUT2D eigenvalue weighted by Crippen LogP contribution is 2.38. The maximum Gasteiger partial charge on any atom is 0.243 e. The van der Waals surface area contributed by atoms with E-state index >= 15 is 0 Å². The smallest absolute Gasteiger partial charge is 0.243 e. The minimum Gasteiger partial charge on any atom is -0.293 e. The number of hydrogen-bond acceptors (Lipinski definition) is 3. The van der Waals surface area contributed by atoms with E-state index in [2.05, 4.69) is 11.5 Å². The van der Waals surface area contributed by atoms with Gasteiger partial charge in [0.1, 0.15) is 0 Å². The average Bonchev–Trinajstić information content (AvgIpc) is 2.91. The van der Waals surface area contributed by atoms with Crippen LogP contribution in [-0.2, 0) is 10.0 Å². The molecule has 120 valence electrons. The van der Waals surface area contributed by atoms with Gasteiger partial charge in [-0.2, -0.15) is 4.31 Å². The van der Waals surface area contributed by atoms with Crippen molar-refractivity contribution in [1.82, 2.24) is 9.21 Å². The predicted octanol–water partition coefficient (Wildman–Crippen LogP) is 2.49. The molecule has 1 unspecified atom stereocenters. The fourth-order valence-electron chi connectivity index (χ4n) is 3.91. The summed E-state index contributed by atoms with van der Waals surface area (Å²) in [6, 6.07) is 8.79. The first kappa shape index (κ1) is 15.7. The van der Waals surface area contributed by atoms with Gasteiger partial charge in [-0.3, -0.25) is 4.90 Å². The lowest BCUT2D eigenvalue weighted by atomic mass is 9.87. The molecule has 2 heterocycles. The molecule has 2 aliphatic rings. The Morgan fingerprint density at radius 3 is 2.50 bits per heavy atom. The van der Waals surface area contributed by atoms with Crippen LogP contribution in [0.4, 0.5) is 0 Å². The van der Waals surface area contributed by atoms with E-state index in [1.54, 1.807) is 28.6 Å². The van der Waals surface area contributed by atoms with Gasteiger partial charge in [0.25, 0.3) is 0 Å². The summed E-state index contributed by atoms with van der Waals surface area (Å²) in [5, 5.41) is 0. The van der Waals surface area contributed by atoms with Crippen molar-refractivity contribution in [3.63, 3.8) is 0 Å². The largest absolute Gasteiger partial charge is 0.293 e. The van der Waals surface area contributed by atoms with E-state index in [-0.39, 0.29) is 5.54 Å². The zero-order chi connectivity index (χ0) is 15.6. The van der Waals surface area contributed by atoms with Gasteiger partial charge in [0.05, 0.1) is 4.90 Å². The summed E-state index contributed by atoms with van der Waals surface area (Å²) < 4.78 is 27.4. The first-order chi connectivity index (χ1) is 10.6. The van der Waals surface area contributed by atoms with Gasteiger partial charge in [0.15, 0.2) is 0 Å².